The Bertz CT molecular complexity index is 676. The maximum atomic E-state index is 12.0. The van der Waals surface area contributed by atoms with Crippen molar-refractivity contribution in [2.24, 2.45) is 0 Å². The van der Waals surface area contributed by atoms with E-state index in [1.165, 1.54) is 24.3 Å². The van der Waals surface area contributed by atoms with Crippen LogP contribution in [0.15, 0.2) is 47.6 Å². The molecule has 3 N–H and O–H groups in total. The third kappa shape index (κ3) is 3.46. The van der Waals surface area contributed by atoms with Crippen LogP contribution in [0.1, 0.15) is 15.9 Å². The Morgan fingerprint density at radius 1 is 1.20 bits per heavy atom. The minimum Gasteiger partial charge on any atom is -0.478 e. The molecule has 0 amide bonds. The molecule has 20 heavy (non-hydrogen) atoms. The van der Waals surface area contributed by atoms with Gasteiger partial charge in [0.25, 0.3) is 0 Å². The zero-order valence-electron chi connectivity index (χ0n) is 10.5. The zero-order chi connectivity index (χ0) is 14.6. The number of rotatable bonds is 6. The van der Waals surface area contributed by atoms with E-state index in [0.29, 0.717) is 6.42 Å². The predicted octanol–water partition coefficient (Wildman–Crippen LogP) is 1.23. The van der Waals surface area contributed by atoms with Crippen molar-refractivity contribution in [2.45, 2.75) is 11.3 Å². The lowest BCUT2D eigenvalue weighted by atomic mass is 10.2. The van der Waals surface area contributed by atoms with Crippen LogP contribution in [-0.2, 0) is 16.4 Å². The topological polar surface area (TPSA) is 99.3 Å². The molecule has 0 saturated heterocycles. The largest absolute Gasteiger partial charge is 0.478 e. The molecule has 2 aromatic rings. The lowest BCUT2D eigenvalue weighted by Crippen LogP contribution is -2.25. The lowest BCUT2D eigenvalue weighted by Gasteiger charge is -2.06. The number of carbonyl (C=O) groups is 1. The van der Waals surface area contributed by atoms with Crippen LogP contribution in [-0.4, -0.2) is 31.0 Å². The van der Waals surface area contributed by atoms with E-state index in [0.717, 1.165) is 5.56 Å². The maximum absolute atomic E-state index is 12.0. The molecule has 1 aromatic heterocycles. The summed E-state index contributed by atoms with van der Waals surface area (Å²) in [7, 11) is -3.61. The second-order valence-electron chi connectivity index (χ2n) is 4.20. The Morgan fingerprint density at radius 3 is 2.45 bits per heavy atom. The minimum absolute atomic E-state index is 0.0521. The molecule has 0 aliphatic carbocycles. The Balaban J connectivity index is 2.00. The van der Waals surface area contributed by atoms with Crippen LogP contribution in [0, 0.1) is 0 Å². The number of aromatic carboxylic acids is 1. The van der Waals surface area contributed by atoms with Crippen molar-refractivity contribution < 1.29 is 18.3 Å². The predicted molar refractivity (Wildman–Crippen MR) is 73.1 cm³/mol. The number of carboxylic acids is 1. The molecule has 1 heterocycles. The van der Waals surface area contributed by atoms with Crippen molar-refractivity contribution in [3.8, 4) is 0 Å². The van der Waals surface area contributed by atoms with E-state index in [-0.39, 0.29) is 17.0 Å². The van der Waals surface area contributed by atoms with Gasteiger partial charge in [-0.1, -0.05) is 0 Å². The van der Waals surface area contributed by atoms with Crippen LogP contribution in [0.25, 0.3) is 0 Å². The third-order valence-electron chi connectivity index (χ3n) is 2.78. The number of nitrogens with one attached hydrogen (secondary N) is 2. The molecule has 0 radical (unpaired) electrons. The first-order valence-corrected chi connectivity index (χ1v) is 7.42. The fraction of sp³-hybridized carbons (Fsp3) is 0.154. The van der Waals surface area contributed by atoms with E-state index >= 15 is 0 Å². The van der Waals surface area contributed by atoms with Gasteiger partial charge in [-0.05, 0) is 42.3 Å². The first-order valence-electron chi connectivity index (χ1n) is 5.94. The van der Waals surface area contributed by atoms with Gasteiger partial charge >= 0.3 is 5.97 Å². The highest BCUT2D eigenvalue weighted by Gasteiger charge is 2.14. The third-order valence-corrected chi connectivity index (χ3v) is 4.26. The van der Waals surface area contributed by atoms with Gasteiger partial charge in [-0.3, -0.25) is 0 Å². The van der Waals surface area contributed by atoms with Crippen LogP contribution in [0.5, 0.6) is 0 Å². The molecule has 106 valence electrons. The number of hydrogen-bond donors (Lipinski definition) is 3. The van der Waals surface area contributed by atoms with Crippen molar-refractivity contribution >= 4 is 16.0 Å². The smallest absolute Gasteiger partial charge is 0.335 e. The molecular weight excluding hydrogens is 280 g/mol. The summed E-state index contributed by atoms with van der Waals surface area (Å²) in [6.07, 6.45) is 4.15. The van der Waals surface area contributed by atoms with Crippen molar-refractivity contribution in [3.05, 3.63) is 53.9 Å². The summed E-state index contributed by atoms with van der Waals surface area (Å²) >= 11 is 0. The Kier molecular flexibility index (Phi) is 4.21. The van der Waals surface area contributed by atoms with Crippen molar-refractivity contribution in [2.75, 3.05) is 6.54 Å². The molecule has 0 spiro atoms. The number of H-pyrrole nitrogens is 1. The standard InChI is InChI=1S/C13H14N2O4S/c16-13(17)11-1-3-12(4-2-11)20(18,19)15-8-6-10-5-7-14-9-10/h1-5,7,9,14-15H,6,8H2,(H,16,17). The molecule has 0 fully saturated rings. The van der Waals surface area contributed by atoms with Crippen molar-refractivity contribution in [3.63, 3.8) is 0 Å². The van der Waals surface area contributed by atoms with Gasteiger partial charge in [-0.25, -0.2) is 17.9 Å². The summed E-state index contributed by atoms with van der Waals surface area (Å²) in [5.41, 5.74) is 1.06. The molecule has 1 aromatic carbocycles. The SMILES string of the molecule is O=C(O)c1ccc(S(=O)(=O)NCCc2cc[nH]c2)cc1. The van der Waals surface area contributed by atoms with E-state index in [1.807, 2.05) is 6.07 Å². The van der Waals surface area contributed by atoms with Crippen molar-refractivity contribution in [1.29, 1.82) is 0 Å². The summed E-state index contributed by atoms with van der Waals surface area (Å²) in [5.74, 6) is -1.09. The van der Waals surface area contributed by atoms with Gasteiger partial charge in [-0.15, -0.1) is 0 Å². The Morgan fingerprint density at radius 2 is 1.90 bits per heavy atom. The Hall–Kier alpha value is -2.12. The molecule has 0 saturated carbocycles. The van der Waals surface area contributed by atoms with Gasteiger partial charge in [-0.2, -0.15) is 0 Å². The number of benzene rings is 1. The van der Waals surface area contributed by atoms with E-state index in [4.69, 9.17) is 5.11 Å². The van der Waals surface area contributed by atoms with Gasteiger partial charge in [0.2, 0.25) is 10.0 Å². The number of carboxylic acid groups (broad SMARTS) is 1. The van der Waals surface area contributed by atoms with E-state index in [1.54, 1.807) is 12.4 Å². The van der Waals surface area contributed by atoms with Gasteiger partial charge in [0.15, 0.2) is 0 Å². The fourth-order valence-electron chi connectivity index (χ4n) is 1.70. The fourth-order valence-corrected chi connectivity index (χ4v) is 2.74. The minimum atomic E-state index is -3.61. The summed E-state index contributed by atoms with van der Waals surface area (Å²) in [4.78, 5) is 13.6. The second-order valence-corrected chi connectivity index (χ2v) is 5.96. The molecule has 0 aliphatic heterocycles. The van der Waals surface area contributed by atoms with Crippen LogP contribution in [0.4, 0.5) is 0 Å². The summed E-state index contributed by atoms with van der Waals surface area (Å²) in [5, 5.41) is 8.76. The molecule has 0 bridgehead atoms. The maximum Gasteiger partial charge on any atom is 0.335 e. The van der Waals surface area contributed by atoms with Crippen LogP contribution in [0.2, 0.25) is 0 Å². The highest BCUT2D eigenvalue weighted by atomic mass is 32.2. The average molecular weight is 294 g/mol. The summed E-state index contributed by atoms with van der Waals surface area (Å²) in [6, 6.07) is 6.96. The Labute approximate surface area is 116 Å². The van der Waals surface area contributed by atoms with Gasteiger partial charge in [0.1, 0.15) is 0 Å². The lowest BCUT2D eigenvalue weighted by molar-refractivity contribution is 0.0696. The quantitative estimate of drug-likeness (QED) is 0.746. The van der Waals surface area contributed by atoms with Crippen molar-refractivity contribution in [1.82, 2.24) is 9.71 Å². The molecule has 0 unspecified atom stereocenters. The summed E-state index contributed by atoms with van der Waals surface area (Å²) in [6.45, 7) is 0.279. The van der Waals surface area contributed by atoms with E-state index < -0.39 is 16.0 Å². The molecule has 7 heteroatoms. The number of aromatic amines is 1. The average Bonchev–Trinajstić information content (AvgIpc) is 2.92. The van der Waals surface area contributed by atoms with Gasteiger partial charge in [0, 0.05) is 18.9 Å². The normalized spacial score (nSPS) is 11.4. The first kappa shape index (κ1) is 14.3. The van der Waals surface area contributed by atoms with Crippen LogP contribution in [0.3, 0.4) is 0 Å². The molecular formula is C13H14N2O4S. The highest BCUT2D eigenvalue weighted by Crippen LogP contribution is 2.10. The first-order chi connectivity index (χ1) is 9.49. The molecule has 0 atom stereocenters. The second kappa shape index (κ2) is 5.89. The zero-order valence-corrected chi connectivity index (χ0v) is 11.4. The monoisotopic (exact) mass is 294 g/mol. The molecule has 6 nitrogen and oxygen atoms in total. The van der Waals surface area contributed by atoms with E-state index in [2.05, 4.69) is 9.71 Å². The molecule has 2 rings (SSSR count). The number of hydrogen-bond acceptors (Lipinski definition) is 3. The van der Waals surface area contributed by atoms with Gasteiger partial charge in [0.05, 0.1) is 10.5 Å². The van der Waals surface area contributed by atoms with Crippen LogP contribution < -0.4 is 4.72 Å². The summed E-state index contributed by atoms with van der Waals surface area (Å²) < 4.78 is 26.4. The van der Waals surface area contributed by atoms with E-state index in [9.17, 15) is 13.2 Å². The number of sulfonamides is 1. The van der Waals surface area contributed by atoms with Gasteiger partial charge < -0.3 is 10.1 Å². The highest BCUT2D eigenvalue weighted by molar-refractivity contribution is 7.89. The molecule has 0 aliphatic rings. The van der Waals surface area contributed by atoms with Crippen LogP contribution >= 0.6 is 0 Å². The number of aromatic nitrogens is 1.